The monoisotopic (exact) mass is 339 g/mol. The Morgan fingerprint density at radius 1 is 1.35 bits per heavy atom. The zero-order valence-corrected chi connectivity index (χ0v) is 14.7. The van der Waals surface area contributed by atoms with Crippen LogP contribution in [0.1, 0.15) is 31.4 Å². The summed E-state index contributed by atoms with van der Waals surface area (Å²) in [4.78, 5) is 26.3. The van der Waals surface area contributed by atoms with E-state index in [1.165, 1.54) is 0 Å². The maximum Gasteiger partial charge on any atom is 0.225 e. The van der Waals surface area contributed by atoms with Crippen molar-refractivity contribution < 1.29 is 9.59 Å². The van der Waals surface area contributed by atoms with Gasteiger partial charge in [-0.15, -0.1) is 12.4 Å². The molecule has 3 atom stereocenters. The molecule has 0 saturated carbocycles. The Kier molecular flexibility index (Phi) is 7.52. The fraction of sp³-hybridized carbons (Fsp3) is 0.529. The van der Waals surface area contributed by atoms with Crippen LogP contribution in [0.5, 0.6) is 0 Å². The molecular weight excluding hydrogens is 314 g/mol. The van der Waals surface area contributed by atoms with E-state index in [-0.39, 0.29) is 42.2 Å². The molecule has 1 fully saturated rings. The molecule has 1 heterocycles. The number of carbonyl (C=O) groups is 2. The van der Waals surface area contributed by atoms with Crippen molar-refractivity contribution >= 4 is 24.2 Å². The molecular formula is C17H26ClN3O2. The molecule has 0 aliphatic carbocycles. The van der Waals surface area contributed by atoms with E-state index in [2.05, 4.69) is 10.6 Å². The summed E-state index contributed by atoms with van der Waals surface area (Å²) in [7, 11) is 3.66. The molecule has 0 radical (unpaired) electrons. The number of carbonyl (C=O) groups excluding carboxylic acids is 2. The SMILES string of the molecule is CNC(C)CNC(=O)C1CCC(=O)N(C)C1c1ccccc1.Cl. The highest BCUT2D eigenvalue weighted by molar-refractivity contribution is 5.85. The van der Waals surface area contributed by atoms with Crippen molar-refractivity contribution in [2.75, 3.05) is 20.6 Å². The lowest BCUT2D eigenvalue weighted by Crippen LogP contribution is -2.48. The number of nitrogens with zero attached hydrogens (tertiary/aromatic N) is 1. The molecule has 0 aromatic heterocycles. The predicted octanol–water partition coefficient (Wildman–Crippen LogP) is 1.74. The van der Waals surface area contributed by atoms with Gasteiger partial charge in [0.25, 0.3) is 0 Å². The van der Waals surface area contributed by atoms with E-state index in [4.69, 9.17) is 0 Å². The highest BCUT2D eigenvalue weighted by Crippen LogP contribution is 2.35. The van der Waals surface area contributed by atoms with Crippen LogP contribution in [0.2, 0.25) is 0 Å². The van der Waals surface area contributed by atoms with Crippen LogP contribution in [-0.4, -0.2) is 43.4 Å². The number of benzene rings is 1. The van der Waals surface area contributed by atoms with Crippen LogP contribution >= 0.6 is 12.4 Å². The molecule has 6 heteroatoms. The van der Waals surface area contributed by atoms with Gasteiger partial charge in [0.1, 0.15) is 0 Å². The van der Waals surface area contributed by atoms with Gasteiger partial charge in [0.15, 0.2) is 0 Å². The standard InChI is InChI=1S/C17H25N3O2.ClH/c1-12(18-2)11-19-17(22)14-9-10-15(21)20(3)16(14)13-7-5-4-6-8-13;/h4-8,12,14,16,18H,9-11H2,1-3H3,(H,19,22);1H. The Balaban J connectivity index is 0.00000264. The molecule has 23 heavy (non-hydrogen) atoms. The summed E-state index contributed by atoms with van der Waals surface area (Å²) >= 11 is 0. The largest absolute Gasteiger partial charge is 0.354 e. The first kappa shape index (κ1) is 19.5. The van der Waals surface area contributed by atoms with Gasteiger partial charge in [-0.3, -0.25) is 9.59 Å². The highest BCUT2D eigenvalue weighted by atomic mass is 35.5. The molecule has 1 saturated heterocycles. The van der Waals surface area contributed by atoms with Crippen molar-refractivity contribution in [2.24, 2.45) is 5.92 Å². The van der Waals surface area contributed by atoms with Crippen molar-refractivity contribution in [3.63, 3.8) is 0 Å². The molecule has 2 N–H and O–H groups in total. The van der Waals surface area contributed by atoms with Gasteiger partial charge in [-0.25, -0.2) is 0 Å². The smallest absolute Gasteiger partial charge is 0.225 e. The van der Waals surface area contributed by atoms with Crippen molar-refractivity contribution in [3.8, 4) is 0 Å². The van der Waals surface area contributed by atoms with Crippen LogP contribution in [0.4, 0.5) is 0 Å². The minimum atomic E-state index is -0.200. The molecule has 5 nitrogen and oxygen atoms in total. The fourth-order valence-electron chi connectivity index (χ4n) is 2.91. The fourth-order valence-corrected chi connectivity index (χ4v) is 2.91. The van der Waals surface area contributed by atoms with Crippen LogP contribution in [-0.2, 0) is 9.59 Å². The second-order valence-corrected chi connectivity index (χ2v) is 5.94. The molecule has 1 aromatic carbocycles. The topological polar surface area (TPSA) is 61.4 Å². The quantitative estimate of drug-likeness (QED) is 0.859. The Hall–Kier alpha value is -1.59. The van der Waals surface area contributed by atoms with Gasteiger partial charge in [-0.2, -0.15) is 0 Å². The third-order valence-corrected chi connectivity index (χ3v) is 4.41. The molecule has 2 rings (SSSR count). The average Bonchev–Trinajstić information content (AvgIpc) is 2.55. The summed E-state index contributed by atoms with van der Waals surface area (Å²) in [5.74, 6) is -0.0778. The second-order valence-electron chi connectivity index (χ2n) is 5.94. The molecule has 128 valence electrons. The average molecular weight is 340 g/mol. The van der Waals surface area contributed by atoms with Crippen molar-refractivity contribution in [1.82, 2.24) is 15.5 Å². The number of nitrogens with one attached hydrogen (secondary N) is 2. The van der Waals surface area contributed by atoms with E-state index in [0.29, 0.717) is 19.4 Å². The van der Waals surface area contributed by atoms with Crippen molar-refractivity contribution in [2.45, 2.75) is 31.8 Å². The van der Waals surface area contributed by atoms with Crippen molar-refractivity contribution in [3.05, 3.63) is 35.9 Å². The van der Waals surface area contributed by atoms with Crippen LogP contribution in [0.3, 0.4) is 0 Å². The molecule has 0 bridgehead atoms. The Morgan fingerprint density at radius 2 is 2.00 bits per heavy atom. The normalized spacial score (nSPS) is 22.2. The first-order valence-corrected chi connectivity index (χ1v) is 7.80. The maximum atomic E-state index is 12.6. The van der Waals surface area contributed by atoms with E-state index in [1.807, 2.05) is 44.3 Å². The number of halogens is 1. The predicted molar refractivity (Wildman–Crippen MR) is 93.5 cm³/mol. The molecule has 1 aromatic rings. The summed E-state index contributed by atoms with van der Waals surface area (Å²) in [6, 6.07) is 9.83. The van der Waals surface area contributed by atoms with Crippen LogP contribution in [0.25, 0.3) is 0 Å². The summed E-state index contributed by atoms with van der Waals surface area (Å²) in [6.07, 6.45) is 1.03. The minimum Gasteiger partial charge on any atom is -0.354 e. The van der Waals surface area contributed by atoms with Crippen LogP contribution in [0.15, 0.2) is 30.3 Å². The van der Waals surface area contributed by atoms with Gasteiger partial charge in [-0.1, -0.05) is 30.3 Å². The summed E-state index contributed by atoms with van der Waals surface area (Å²) in [5, 5.41) is 6.10. The van der Waals surface area contributed by atoms with Gasteiger partial charge >= 0.3 is 0 Å². The van der Waals surface area contributed by atoms with Gasteiger partial charge in [-0.05, 0) is 26.0 Å². The zero-order chi connectivity index (χ0) is 16.1. The van der Waals surface area contributed by atoms with E-state index < -0.39 is 0 Å². The number of piperidine rings is 1. The lowest BCUT2D eigenvalue weighted by Gasteiger charge is -2.38. The lowest BCUT2D eigenvalue weighted by atomic mass is 9.84. The van der Waals surface area contributed by atoms with Crippen LogP contribution < -0.4 is 10.6 Å². The van der Waals surface area contributed by atoms with Crippen molar-refractivity contribution in [1.29, 1.82) is 0 Å². The number of likely N-dealkylation sites (tertiary alicyclic amines) is 1. The van der Waals surface area contributed by atoms with Gasteiger partial charge in [0, 0.05) is 26.1 Å². The van der Waals surface area contributed by atoms with Gasteiger partial charge in [0.2, 0.25) is 11.8 Å². The molecule has 1 aliphatic rings. The van der Waals surface area contributed by atoms with Gasteiger partial charge < -0.3 is 15.5 Å². The first-order valence-electron chi connectivity index (χ1n) is 7.80. The van der Waals surface area contributed by atoms with E-state index in [9.17, 15) is 9.59 Å². The summed E-state index contributed by atoms with van der Waals surface area (Å²) in [5.41, 5.74) is 1.01. The first-order chi connectivity index (χ1) is 10.5. The number of rotatable bonds is 5. The third-order valence-electron chi connectivity index (χ3n) is 4.41. The second kappa shape index (κ2) is 8.89. The van der Waals surface area contributed by atoms with E-state index in [0.717, 1.165) is 5.56 Å². The summed E-state index contributed by atoms with van der Waals surface area (Å²) < 4.78 is 0. The summed E-state index contributed by atoms with van der Waals surface area (Å²) in [6.45, 7) is 2.61. The van der Waals surface area contributed by atoms with Crippen LogP contribution in [0, 0.1) is 5.92 Å². The van der Waals surface area contributed by atoms with E-state index >= 15 is 0 Å². The third kappa shape index (κ3) is 4.69. The Labute approximate surface area is 144 Å². The molecule has 3 unspecified atom stereocenters. The number of likely N-dealkylation sites (N-methyl/N-ethyl adjacent to an activating group) is 1. The molecule has 0 spiro atoms. The Bertz CT molecular complexity index is 524. The number of hydrogen-bond acceptors (Lipinski definition) is 3. The Morgan fingerprint density at radius 3 is 2.61 bits per heavy atom. The zero-order valence-electron chi connectivity index (χ0n) is 13.9. The number of amides is 2. The maximum absolute atomic E-state index is 12.6. The number of hydrogen-bond donors (Lipinski definition) is 2. The van der Waals surface area contributed by atoms with Gasteiger partial charge in [0.05, 0.1) is 12.0 Å². The van der Waals surface area contributed by atoms with E-state index in [1.54, 1.807) is 11.9 Å². The highest BCUT2D eigenvalue weighted by Gasteiger charge is 2.38. The minimum absolute atomic E-state index is 0. The molecule has 2 amide bonds. The lowest BCUT2D eigenvalue weighted by molar-refractivity contribution is -0.141. The molecule has 1 aliphatic heterocycles.